The lowest BCUT2D eigenvalue weighted by Crippen LogP contribution is -2.36. The van der Waals surface area contributed by atoms with Crippen LogP contribution in [0.3, 0.4) is 0 Å². The highest BCUT2D eigenvalue weighted by Gasteiger charge is 2.09. The summed E-state index contributed by atoms with van der Waals surface area (Å²) in [5.41, 5.74) is 1.40. The van der Waals surface area contributed by atoms with Gasteiger partial charge in [-0.15, -0.1) is 0 Å². The van der Waals surface area contributed by atoms with E-state index in [9.17, 15) is 18.7 Å². The first-order chi connectivity index (χ1) is 11.5. The Morgan fingerprint density at radius 2 is 1.75 bits per heavy atom. The highest BCUT2D eigenvalue weighted by Crippen LogP contribution is 2.17. The van der Waals surface area contributed by atoms with E-state index in [0.29, 0.717) is 12.1 Å². The van der Waals surface area contributed by atoms with E-state index in [1.54, 1.807) is 0 Å². The molecule has 128 valence electrons. The molecule has 0 fully saturated rings. The zero-order valence-electron chi connectivity index (χ0n) is 12.8. The van der Waals surface area contributed by atoms with Gasteiger partial charge in [0.05, 0.1) is 6.10 Å². The molecule has 0 radical (unpaired) electrons. The molecule has 0 saturated heterocycles. The van der Waals surface area contributed by atoms with Crippen molar-refractivity contribution >= 4 is 11.7 Å². The smallest absolute Gasteiger partial charge is 0.387 e. The Balaban J connectivity index is 1.74. The van der Waals surface area contributed by atoms with Gasteiger partial charge in [-0.2, -0.15) is 8.78 Å². The summed E-state index contributed by atoms with van der Waals surface area (Å²) < 4.78 is 28.3. The fourth-order valence-corrected chi connectivity index (χ4v) is 2.06. The van der Waals surface area contributed by atoms with Crippen LogP contribution in [0.25, 0.3) is 0 Å². The van der Waals surface area contributed by atoms with Gasteiger partial charge in [0, 0.05) is 18.7 Å². The number of urea groups is 1. The molecule has 0 saturated carbocycles. The number of ether oxygens (including phenoxy) is 1. The molecule has 3 N–H and O–H groups in total. The van der Waals surface area contributed by atoms with E-state index < -0.39 is 18.7 Å². The quantitative estimate of drug-likeness (QED) is 0.728. The van der Waals surface area contributed by atoms with Gasteiger partial charge in [0.15, 0.2) is 0 Å². The molecule has 7 heteroatoms. The zero-order chi connectivity index (χ0) is 17.4. The van der Waals surface area contributed by atoms with Gasteiger partial charge in [0.25, 0.3) is 0 Å². The molecular formula is C17H18F2N2O3. The number of benzene rings is 2. The van der Waals surface area contributed by atoms with E-state index in [1.807, 2.05) is 30.3 Å². The number of hydrogen-bond donors (Lipinski definition) is 3. The van der Waals surface area contributed by atoms with E-state index in [4.69, 9.17) is 0 Å². The number of amides is 2. The Bertz CT molecular complexity index is 636. The van der Waals surface area contributed by atoms with Gasteiger partial charge in [0.1, 0.15) is 5.75 Å². The van der Waals surface area contributed by atoms with Crippen LogP contribution >= 0.6 is 0 Å². The van der Waals surface area contributed by atoms with Crippen molar-refractivity contribution in [3.8, 4) is 5.75 Å². The molecule has 1 atom stereocenters. The van der Waals surface area contributed by atoms with Gasteiger partial charge in [0.2, 0.25) is 0 Å². The minimum absolute atomic E-state index is 0.00856. The number of carbonyl (C=O) groups excluding carboxylic acids is 1. The zero-order valence-corrected chi connectivity index (χ0v) is 12.8. The van der Waals surface area contributed by atoms with E-state index in [2.05, 4.69) is 15.4 Å². The molecule has 0 aliphatic carbocycles. The lowest BCUT2D eigenvalue weighted by molar-refractivity contribution is -0.0498. The average Bonchev–Trinajstić information content (AvgIpc) is 2.55. The Morgan fingerprint density at radius 3 is 2.38 bits per heavy atom. The predicted octanol–water partition coefficient (Wildman–Crippen LogP) is 3.01. The second kappa shape index (κ2) is 8.83. The maximum Gasteiger partial charge on any atom is 0.387 e. The third-order valence-corrected chi connectivity index (χ3v) is 3.15. The lowest BCUT2D eigenvalue weighted by Gasteiger charge is -2.13. The van der Waals surface area contributed by atoms with Crippen molar-refractivity contribution in [3.05, 3.63) is 60.2 Å². The first-order valence-corrected chi connectivity index (χ1v) is 7.34. The van der Waals surface area contributed by atoms with Crippen molar-refractivity contribution in [3.63, 3.8) is 0 Å². The summed E-state index contributed by atoms with van der Waals surface area (Å²) in [6.45, 7) is -2.80. The highest BCUT2D eigenvalue weighted by atomic mass is 19.3. The molecule has 5 nitrogen and oxygen atoms in total. The molecule has 0 aliphatic heterocycles. The number of nitrogens with one attached hydrogen (secondary N) is 2. The van der Waals surface area contributed by atoms with Gasteiger partial charge in [-0.1, -0.05) is 30.3 Å². The van der Waals surface area contributed by atoms with E-state index in [0.717, 1.165) is 5.56 Å². The number of halogens is 2. The van der Waals surface area contributed by atoms with Gasteiger partial charge in [-0.05, 0) is 29.8 Å². The lowest BCUT2D eigenvalue weighted by atomic mass is 10.1. The van der Waals surface area contributed by atoms with Crippen LogP contribution in [0.4, 0.5) is 19.3 Å². The van der Waals surface area contributed by atoms with Crippen molar-refractivity contribution in [1.29, 1.82) is 0 Å². The molecule has 0 aromatic heterocycles. The topological polar surface area (TPSA) is 70.6 Å². The first-order valence-electron chi connectivity index (χ1n) is 7.34. The number of aliphatic hydroxyl groups excluding tert-OH is 1. The molecule has 2 rings (SSSR count). The van der Waals surface area contributed by atoms with Crippen molar-refractivity contribution in [2.75, 3.05) is 11.9 Å². The van der Waals surface area contributed by atoms with Crippen LogP contribution in [-0.2, 0) is 6.42 Å². The summed E-state index contributed by atoms with van der Waals surface area (Å²) in [5, 5.41) is 15.0. The SMILES string of the molecule is O=C(NCC(O)Cc1ccccc1)Nc1ccc(OC(F)F)cc1. The summed E-state index contributed by atoms with van der Waals surface area (Å²) in [6, 6.07) is 14.5. The first kappa shape index (κ1) is 17.7. The van der Waals surface area contributed by atoms with Gasteiger partial charge in [-0.25, -0.2) is 4.79 Å². The maximum atomic E-state index is 12.0. The van der Waals surface area contributed by atoms with Gasteiger partial charge < -0.3 is 20.5 Å². The van der Waals surface area contributed by atoms with E-state index >= 15 is 0 Å². The molecule has 0 spiro atoms. The summed E-state index contributed by atoms with van der Waals surface area (Å²) in [6.07, 6.45) is -0.277. The van der Waals surface area contributed by atoms with Crippen molar-refractivity contribution in [1.82, 2.24) is 5.32 Å². The minimum Gasteiger partial charge on any atom is -0.435 e. The second-order valence-corrected chi connectivity index (χ2v) is 5.08. The average molecular weight is 336 g/mol. The van der Waals surface area contributed by atoms with Crippen LogP contribution in [0.15, 0.2) is 54.6 Å². The predicted molar refractivity (Wildman–Crippen MR) is 86.2 cm³/mol. The Morgan fingerprint density at radius 1 is 1.08 bits per heavy atom. The second-order valence-electron chi connectivity index (χ2n) is 5.08. The molecular weight excluding hydrogens is 318 g/mol. The Hall–Kier alpha value is -2.67. The molecule has 1 unspecified atom stereocenters. The number of anilines is 1. The standard InChI is InChI=1S/C17H18F2N2O3/c18-16(19)24-15-8-6-13(7-9-15)21-17(23)20-11-14(22)10-12-4-2-1-3-5-12/h1-9,14,16,22H,10-11H2,(H2,20,21,23). The summed E-state index contributed by atoms with van der Waals surface area (Å²) in [4.78, 5) is 11.7. The third kappa shape index (κ3) is 6.21. The molecule has 0 aliphatic rings. The summed E-state index contributed by atoms with van der Waals surface area (Å²) in [7, 11) is 0. The number of carbonyl (C=O) groups is 1. The van der Waals surface area contributed by atoms with Crippen LogP contribution in [-0.4, -0.2) is 30.4 Å². The van der Waals surface area contributed by atoms with Crippen molar-refractivity contribution in [2.24, 2.45) is 0 Å². The van der Waals surface area contributed by atoms with Gasteiger partial charge in [-0.3, -0.25) is 0 Å². The molecule has 24 heavy (non-hydrogen) atoms. The number of aliphatic hydroxyl groups is 1. The fraction of sp³-hybridized carbons (Fsp3) is 0.235. The Kier molecular flexibility index (Phi) is 6.51. The fourth-order valence-electron chi connectivity index (χ4n) is 2.06. The molecule has 2 aromatic rings. The third-order valence-electron chi connectivity index (χ3n) is 3.15. The van der Waals surface area contributed by atoms with Crippen LogP contribution in [0.2, 0.25) is 0 Å². The number of hydrogen-bond acceptors (Lipinski definition) is 3. The monoisotopic (exact) mass is 336 g/mol. The summed E-state index contributed by atoms with van der Waals surface area (Å²) in [5.74, 6) is 0.00856. The minimum atomic E-state index is -2.89. The van der Waals surface area contributed by atoms with Crippen LogP contribution in [0, 0.1) is 0 Å². The largest absolute Gasteiger partial charge is 0.435 e. The molecule has 2 amide bonds. The summed E-state index contributed by atoms with van der Waals surface area (Å²) >= 11 is 0. The molecule has 2 aromatic carbocycles. The maximum absolute atomic E-state index is 12.0. The van der Waals surface area contributed by atoms with Crippen LogP contribution in [0.1, 0.15) is 5.56 Å². The van der Waals surface area contributed by atoms with Crippen molar-refractivity contribution in [2.45, 2.75) is 19.1 Å². The number of rotatable bonds is 7. The Labute approximate surface area is 138 Å². The van der Waals surface area contributed by atoms with Gasteiger partial charge >= 0.3 is 12.6 Å². The number of alkyl halides is 2. The normalized spacial score (nSPS) is 11.8. The highest BCUT2D eigenvalue weighted by molar-refractivity contribution is 5.89. The van der Waals surface area contributed by atoms with Crippen molar-refractivity contribution < 1.29 is 23.4 Å². The molecule has 0 heterocycles. The van der Waals surface area contributed by atoms with Crippen LogP contribution in [0.5, 0.6) is 5.75 Å². The van der Waals surface area contributed by atoms with E-state index in [1.165, 1.54) is 24.3 Å². The van der Waals surface area contributed by atoms with E-state index in [-0.39, 0.29) is 12.3 Å². The molecule has 0 bridgehead atoms. The van der Waals surface area contributed by atoms with Crippen LogP contribution < -0.4 is 15.4 Å².